The first-order chi connectivity index (χ1) is 8.00. The molecule has 1 saturated heterocycles. The standard InChI is InChI=1S/C9H10ClN3O3S/c1-4-7(14)11-2-3-13(4)9-12-6(10)5(17-9)8(15)16/h4H,2-3H2,1H3,(H,11,14)(H,15,16). The molecular formula is C9H10ClN3O3S. The summed E-state index contributed by atoms with van der Waals surface area (Å²) in [5.41, 5.74) is 0. The number of nitrogens with one attached hydrogen (secondary N) is 1. The fraction of sp³-hybridized carbons (Fsp3) is 0.444. The molecule has 17 heavy (non-hydrogen) atoms. The van der Waals surface area contributed by atoms with E-state index in [1.54, 1.807) is 11.8 Å². The normalized spacial score (nSPS) is 20.2. The van der Waals surface area contributed by atoms with Crippen molar-refractivity contribution in [1.29, 1.82) is 0 Å². The summed E-state index contributed by atoms with van der Waals surface area (Å²) in [5.74, 6) is -1.20. The molecule has 1 aliphatic heterocycles. The van der Waals surface area contributed by atoms with Crippen LogP contribution in [0.25, 0.3) is 0 Å². The second-order valence-corrected chi connectivity index (χ2v) is 4.92. The van der Waals surface area contributed by atoms with Crippen molar-refractivity contribution in [1.82, 2.24) is 10.3 Å². The number of halogens is 1. The first-order valence-electron chi connectivity index (χ1n) is 4.94. The number of rotatable bonds is 2. The first kappa shape index (κ1) is 12.1. The second-order valence-electron chi connectivity index (χ2n) is 3.58. The Morgan fingerprint density at radius 3 is 3.00 bits per heavy atom. The minimum atomic E-state index is -1.10. The van der Waals surface area contributed by atoms with Gasteiger partial charge in [-0.15, -0.1) is 0 Å². The minimum absolute atomic E-state index is 0.000140. The third-order valence-electron chi connectivity index (χ3n) is 2.51. The van der Waals surface area contributed by atoms with Crippen LogP contribution in [0.5, 0.6) is 0 Å². The van der Waals surface area contributed by atoms with E-state index >= 15 is 0 Å². The number of thiazole rings is 1. The Bertz CT molecular complexity index is 476. The van der Waals surface area contributed by atoms with Gasteiger partial charge in [-0.25, -0.2) is 9.78 Å². The summed E-state index contributed by atoms with van der Waals surface area (Å²) >= 11 is 6.72. The molecule has 1 amide bonds. The Labute approximate surface area is 106 Å². The predicted octanol–water partition coefficient (Wildman–Crippen LogP) is 0.819. The molecule has 0 spiro atoms. The van der Waals surface area contributed by atoms with Gasteiger partial charge in [-0.3, -0.25) is 4.79 Å². The smallest absolute Gasteiger partial charge is 0.349 e. The number of hydrogen-bond donors (Lipinski definition) is 2. The molecule has 1 aliphatic rings. The number of aromatic nitrogens is 1. The lowest BCUT2D eigenvalue weighted by Gasteiger charge is -2.32. The second kappa shape index (κ2) is 4.50. The van der Waals surface area contributed by atoms with Gasteiger partial charge in [0, 0.05) is 13.1 Å². The van der Waals surface area contributed by atoms with Gasteiger partial charge in [0.1, 0.15) is 6.04 Å². The molecule has 2 rings (SSSR count). The molecule has 1 aromatic rings. The van der Waals surface area contributed by atoms with Crippen molar-refractivity contribution < 1.29 is 14.7 Å². The largest absolute Gasteiger partial charge is 0.477 e. The number of carbonyl (C=O) groups is 2. The zero-order valence-corrected chi connectivity index (χ0v) is 10.5. The molecule has 1 atom stereocenters. The van der Waals surface area contributed by atoms with Crippen LogP contribution < -0.4 is 10.2 Å². The highest BCUT2D eigenvalue weighted by atomic mass is 35.5. The van der Waals surface area contributed by atoms with Gasteiger partial charge >= 0.3 is 5.97 Å². The highest BCUT2D eigenvalue weighted by Gasteiger charge is 2.29. The number of nitrogens with zero attached hydrogens (tertiary/aromatic N) is 2. The summed E-state index contributed by atoms with van der Waals surface area (Å²) in [5, 5.41) is 12.0. The van der Waals surface area contributed by atoms with E-state index < -0.39 is 5.97 Å². The monoisotopic (exact) mass is 275 g/mol. The summed E-state index contributed by atoms with van der Waals surface area (Å²) in [4.78, 5) is 28.1. The molecule has 0 aromatic carbocycles. The van der Waals surface area contributed by atoms with E-state index in [2.05, 4.69) is 10.3 Å². The van der Waals surface area contributed by atoms with Crippen LogP contribution in [0.2, 0.25) is 5.15 Å². The van der Waals surface area contributed by atoms with Crippen LogP contribution >= 0.6 is 22.9 Å². The van der Waals surface area contributed by atoms with Crippen LogP contribution in [-0.2, 0) is 4.79 Å². The first-order valence-corrected chi connectivity index (χ1v) is 6.14. The molecule has 6 nitrogen and oxygen atoms in total. The van der Waals surface area contributed by atoms with Gasteiger partial charge in [0.25, 0.3) is 0 Å². The van der Waals surface area contributed by atoms with E-state index in [9.17, 15) is 9.59 Å². The molecule has 2 N–H and O–H groups in total. The molecule has 1 fully saturated rings. The maximum Gasteiger partial charge on any atom is 0.349 e. The molecular weight excluding hydrogens is 266 g/mol. The average molecular weight is 276 g/mol. The van der Waals surface area contributed by atoms with Gasteiger partial charge in [0.2, 0.25) is 5.91 Å². The highest BCUT2D eigenvalue weighted by molar-refractivity contribution is 7.18. The lowest BCUT2D eigenvalue weighted by Crippen LogP contribution is -2.54. The zero-order chi connectivity index (χ0) is 12.6. The van der Waals surface area contributed by atoms with Crippen molar-refractivity contribution >= 4 is 39.9 Å². The number of amides is 1. The SMILES string of the molecule is CC1C(=O)NCCN1c1nc(Cl)c(C(=O)O)s1. The molecule has 1 unspecified atom stereocenters. The summed E-state index contributed by atoms with van der Waals surface area (Å²) in [6, 6.07) is -0.368. The Kier molecular flexibility index (Phi) is 3.21. The number of piperazine rings is 1. The van der Waals surface area contributed by atoms with E-state index in [1.165, 1.54) is 0 Å². The van der Waals surface area contributed by atoms with Crippen molar-refractivity contribution in [2.75, 3.05) is 18.0 Å². The lowest BCUT2D eigenvalue weighted by atomic mass is 10.2. The Morgan fingerprint density at radius 2 is 2.41 bits per heavy atom. The van der Waals surface area contributed by atoms with Crippen molar-refractivity contribution in [3.63, 3.8) is 0 Å². The molecule has 2 heterocycles. The fourth-order valence-corrected chi connectivity index (χ4v) is 2.82. The quantitative estimate of drug-likeness (QED) is 0.835. The van der Waals surface area contributed by atoms with Crippen LogP contribution in [0.4, 0.5) is 5.13 Å². The maximum atomic E-state index is 11.5. The molecule has 0 radical (unpaired) electrons. The van der Waals surface area contributed by atoms with Gasteiger partial charge in [-0.05, 0) is 6.92 Å². The number of aromatic carboxylic acids is 1. The van der Waals surface area contributed by atoms with E-state index in [1.807, 2.05) is 0 Å². The van der Waals surface area contributed by atoms with Crippen molar-refractivity contribution in [2.24, 2.45) is 0 Å². The van der Waals surface area contributed by atoms with E-state index in [-0.39, 0.29) is 22.0 Å². The van der Waals surface area contributed by atoms with Crippen LogP contribution in [0, 0.1) is 0 Å². The number of carbonyl (C=O) groups excluding carboxylic acids is 1. The lowest BCUT2D eigenvalue weighted by molar-refractivity contribution is -0.122. The van der Waals surface area contributed by atoms with Crippen LogP contribution in [0.1, 0.15) is 16.6 Å². The minimum Gasteiger partial charge on any atom is -0.477 e. The number of hydrogen-bond acceptors (Lipinski definition) is 5. The van der Waals surface area contributed by atoms with Crippen LogP contribution in [0.15, 0.2) is 0 Å². The third kappa shape index (κ3) is 2.20. The Hall–Kier alpha value is -1.34. The van der Waals surface area contributed by atoms with Gasteiger partial charge in [-0.2, -0.15) is 0 Å². The molecule has 1 aromatic heterocycles. The number of carboxylic acid groups (broad SMARTS) is 1. The van der Waals surface area contributed by atoms with Crippen LogP contribution in [0.3, 0.4) is 0 Å². The number of carboxylic acids is 1. The summed E-state index contributed by atoms with van der Waals surface area (Å²) < 4.78 is 0. The molecule has 0 aliphatic carbocycles. The van der Waals surface area contributed by atoms with E-state index in [4.69, 9.17) is 16.7 Å². The Balaban J connectivity index is 2.30. The highest BCUT2D eigenvalue weighted by Crippen LogP contribution is 2.31. The molecule has 0 saturated carbocycles. The van der Waals surface area contributed by atoms with Crippen molar-refractivity contribution in [3.8, 4) is 0 Å². The van der Waals surface area contributed by atoms with Crippen molar-refractivity contribution in [2.45, 2.75) is 13.0 Å². The molecule has 92 valence electrons. The van der Waals surface area contributed by atoms with Crippen molar-refractivity contribution in [3.05, 3.63) is 10.0 Å². The molecule has 8 heteroatoms. The van der Waals surface area contributed by atoms with Gasteiger partial charge in [-0.1, -0.05) is 22.9 Å². The third-order valence-corrected chi connectivity index (χ3v) is 3.98. The van der Waals surface area contributed by atoms with E-state index in [0.717, 1.165) is 11.3 Å². The van der Waals surface area contributed by atoms with Gasteiger partial charge in [0.05, 0.1) is 0 Å². The van der Waals surface area contributed by atoms with Gasteiger partial charge < -0.3 is 15.3 Å². The molecule has 0 bridgehead atoms. The van der Waals surface area contributed by atoms with Crippen LogP contribution in [-0.4, -0.2) is 41.1 Å². The Morgan fingerprint density at radius 1 is 1.71 bits per heavy atom. The summed E-state index contributed by atoms with van der Waals surface area (Å²) in [6.07, 6.45) is 0. The average Bonchev–Trinajstić information content (AvgIpc) is 2.64. The van der Waals surface area contributed by atoms with Gasteiger partial charge in [0.15, 0.2) is 15.2 Å². The maximum absolute atomic E-state index is 11.5. The van der Waals surface area contributed by atoms with E-state index in [0.29, 0.717) is 18.2 Å². The predicted molar refractivity (Wildman–Crippen MR) is 63.9 cm³/mol. The summed E-state index contributed by atoms with van der Waals surface area (Å²) in [6.45, 7) is 2.85. The topological polar surface area (TPSA) is 82.5 Å². The fourth-order valence-electron chi connectivity index (χ4n) is 1.59. The summed E-state index contributed by atoms with van der Waals surface area (Å²) in [7, 11) is 0. The zero-order valence-electron chi connectivity index (χ0n) is 8.94. The number of anilines is 1.